The normalized spacial score (nSPS) is 10.4. The van der Waals surface area contributed by atoms with E-state index in [1.54, 1.807) is 29.8 Å². The molecule has 2 aromatic heterocycles. The van der Waals surface area contributed by atoms with Crippen LogP contribution in [-0.4, -0.2) is 21.6 Å². The van der Waals surface area contributed by atoms with Gasteiger partial charge in [-0.3, -0.25) is 4.40 Å². The Balaban J connectivity index is 2.69. The number of imidazole rings is 1. The van der Waals surface area contributed by atoms with Gasteiger partial charge in [0, 0.05) is 12.3 Å². The summed E-state index contributed by atoms with van der Waals surface area (Å²) in [6.07, 6.45) is 3.10. The highest BCUT2D eigenvalue weighted by Crippen LogP contribution is 2.17. The third kappa shape index (κ3) is 0.887. The van der Waals surface area contributed by atoms with Crippen molar-refractivity contribution in [2.75, 3.05) is 7.11 Å². The molecular weight excluding hydrogens is 156 g/mol. The van der Waals surface area contributed by atoms with E-state index >= 15 is 0 Å². The van der Waals surface area contributed by atoms with Crippen LogP contribution in [0.2, 0.25) is 0 Å². The Morgan fingerprint density at radius 3 is 3.17 bits per heavy atom. The van der Waals surface area contributed by atoms with Crippen LogP contribution >= 0.6 is 0 Å². The van der Waals surface area contributed by atoms with Crippen molar-refractivity contribution in [1.82, 2.24) is 9.38 Å². The molecule has 0 atom stereocenters. The summed E-state index contributed by atoms with van der Waals surface area (Å²) in [7, 11) is 1.59. The van der Waals surface area contributed by atoms with E-state index in [2.05, 4.69) is 4.98 Å². The second kappa shape index (κ2) is 2.41. The van der Waals surface area contributed by atoms with E-state index in [9.17, 15) is 5.11 Å². The third-order valence-corrected chi connectivity index (χ3v) is 1.70. The molecule has 0 unspecified atom stereocenters. The average Bonchev–Trinajstić information content (AvgIpc) is 2.47. The smallest absolute Gasteiger partial charge is 0.215 e. The first-order valence-electron chi connectivity index (χ1n) is 3.51. The van der Waals surface area contributed by atoms with Gasteiger partial charge in [-0.1, -0.05) is 0 Å². The number of ether oxygens (including phenoxy) is 1. The van der Waals surface area contributed by atoms with Crippen LogP contribution in [0.3, 0.4) is 0 Å². The maximum Gasteiger partial charge on any atom is 0.215 e. The lowest BCUT2D eigenvalue weighted by molar-refractivity contribution is 0.413. The summed E-state index contributed by atoms with van der Waals surface area (Å²) >= 11 is 0. The summed E-state index contributed by atoms with van der Waals surface area (Å²) in [4.78, 5) is 3.96. The summed E-state index contributed by atoms with van der Waals surface area (Å²) in [5.41, 5.74) is 0.673. The number of rotatable bonds is 1. The van der Waals surface area contributed by atoms with E-state index in [0.29, 0.717) is 5.65 Å². The molecule has 0 bridgehead atoms. The first-order chi connectivity index (χ1) is 5.81. The SMILES string of the molecule is COc1ccn2c(O)cnc2c1. The highest BCUT2D eigenvalue weighted by atomic mass is 16.5. The molecule has 4 nitrogen and oxygen atoms in total. The Labute approximate surface area is 69.0 Å². The molecule has 62 valence electrons. The highest BCUT2D eigenvalue weighted by molar-refractivity contribution is 5.46. The molecular formula is C8H8N2O2. The van der Waals surface area contributed by atoms with Crippen LogP contribution < -0.4 is 4.74 Å². The first-order valence-corrected chi connectivity index (χ1v) is 3.51. The minimum atomic E-state index is 0.132. The lowest BCUT2D eigenvalue weighted by Gasteiger charge is -1.99. The predicted molar refractivity (Wildman–Crippen MR) is 43.4 cm³/mol. The number of pyridine rings is 1. The molecule has 0 amide bonds. The number of fused-ring (bicyclic) bond motifs is 1. The first kappa shape index (κ1) is 6.97. The van der Waals surface area contributed by atoms with Gasteiger partial charge in [0.05, 0.1) is 13.3 Å². The van der Waals surface area contributed by atoms with Gasteiger partial charge in [0.1, 0.15) is 11.4 Å². The van der Waals surface area contributed by atoms with Gasteiger partial charge in [-0.15, -0.1) is 0 Å². The van der Waals surface area contributed by atoms with Gasteiger partial charge in [0.25, 0.3) is 0 Å². The van der Waals surface area contributed by atoms with Gasteiger partial charge >= 0.3 is 0 Å². The van der Waals surface area contributed by atoms with Crippen molar-refractivity contribution in [2.45, 2.75) is 0 Å². The van der Waals surface area contributed by atoms with E-state index in [1.165, 1.54) is 6.20 Å². The zero-order chi connectivity index (χ0) is 8.55. The molecule has 0 radical (unpaired) electrons. The monoisotopic (exact) mass is 164 g/mol. The summed E-state index contributed by atoms with van der Waals surface area (Å²) in [5.74, 6) is 0.862. The van der Waals surface area contributed by atoms with E-state index in [0.717, 1.165) is 5.75 Å². The Bertz CT molecular complexity index is 408. The number of hydrogen-bond acceptors (Lipinski definition) is 3. The summed E-state index contributed by atoms with van der Waals surface area (Å²) in [6.45, 7) is 0. The van der Waals surface area contributed by atoms with Gasteiger partial charge in [-0.25, -0.2) is 4.98 Å². The molecule has 0 aromatic carbocycles. The summed E-state index contributed by atoms with van der Waals surface area (Å²) in [5, 5.41) is 9.23. The highest BCUT2D eigenvalue weighted by Gasteiger charge is 2.00. The van der Waals surface area contributed by atoms with Crippen LogP contribution in [0.15, 0.2) is 24.5 Å². The quantitative estimate of drug-likeness (QED) is 0.685. The topological polar surface area (TPSA) is 46.8 Å². The molecule has 0 spiro atoms. The Morgan fingerprint density at radius 2 is 2.42 bits per heavy atom. The van der Waals surface area contributed by atoms with Gasteiger partial charge < -0.3 is 9.84 Å². The second-order valence-corrected chi connectivity index (χ2v) is 2.41. The minimum absolute atomic E-state index is 0.132. The van der Waals surface area contributed by atoms with Gasteiger partial charge in [0.2, 0.25) is 5.88 Å². The van der Waals surface area contributed by atoms with E-state index in [4.69, 9.17) is 4.74 Å². The molecule has 2 aromatic rings. The largest absolute Gasteiger partial charge is 0.497 e. The Hall–Kier alpha value is -1.71. The van der Waals surface area contributed by atoms with Gasteiger partial charge in [0.15, 0.2) is 0 Å². The lowest BCUT2D eigenvalue weighted by Crippen LogP contribution is -1.86. The molecule has 0 saturated carbocycles. The maximum absolute atomic E-state index is 9.23. The Kier molecular flexibility index (Phi) is 1.40. The van der Waals surface area contributed by atoms with E-state index in [1.807, 2.05) is 0 Å². The van der Waals surface area contributed by atoms with Crippen molar-refractivity contribution in [3.05, 3.63) is 24.5 Å². The minimum Gasteiger partial charge on any atom is -0.497 e. The van der Waals surface area contributed by atoms with Crippen molar-refractivity contribution >= 4 is 5.65 Å². The molecule has 4 heteroatoms. The molecule has 0 aliphatic carbocycles. The van der Waals surface area contributed by atoms with Crippen LogP contribution in [0.4, 0.5) is 0 Å². The number of aromatic nitrogens is 2. The average molecular weight is 164 g/mol. The number of hydrogen-bond donors (Lipinski definition) is 1. The fourth-order valence-corrected chi connectivity index (χ4v) is 1.08. The van der Waals surface area contributed by atoms with Crippen molar-refractivity contribution in [3.8, 4) is 11.6 Å². The molecule has 1 N–H and O–H groups in total. The number of aromatic hydroxyl groups is 1. The van der Waals surface area contributed by atoms with Gasteiger partial charge in [-0.05, 0) is 6.07 Å². The standard InChI is InChI=1S/C8H8N2O2/c1-12-6-2-3-10-7(4-6)9-5-8(10)11/h2-5,11H,1H3. The van der Waals surface area contributed by atoms with E-state index < -0.39 is 0 Å². The fourth-order valence-electron chi connectivity index (χ4n) is 1.08. The fraction of sp³-hybridized carbons (Fsp3) is 0.125. The summed E-state index contributed by atoms with van der Waals surface area (Å²) < 4.78 is 6.57. The zero-order valence-corrected chi connectivity index (χ0v) is 6.56. The lowest BCUT2D eigenvalue weighted by atomic mass is 10.4. The number of methoxy groups -OCH3 is 1. The van der Waals surface area contributed by atoms with Crippen LogP contribution in [0, 0.1) is 0 Å². The maximum atomic E-state index is 9.23. The third-order valence-electron chi connectivity index (χ3n) is 1.70. The van der Waals surface area contributed by atoms with Crippen LogP contribution in [-0.2, 0) is 0 Å². The zero-order valence-electron chi connectivity index (χ0n) is 6.56. The van der Waals surface area contributed by atoms with Crippen LogP contribution in [0.25, 0.3) is 5.65 Å². The van der Waals surface area contributed by atoms with Crippen molar-refractivity contribution in [1.29, 1.82) is 0 Å². The van der Waals surface area contributed by atoms with Crippen LogP contribution in [0.5, 0.6) is 11.6 Å². The molecule has 2 rings (SSSR count). The van der Waals surface area contributed by atoms with Crippen molar-refractivity contribution in [2.24, 2.45) is 0 Å². The van der Waals surface area contributed by atoms with Crippen molar-refractivity contribution < 1.29 is 9.84 Å². The predicted octanol–water partition coefficient (Wildman–Crippen LogP) is 1.05. The van der Waals surface area contributed by atoms with E-state index in [-0.39, 0.29) is 5.88 Å². The number of nitrogens with zero attached hydrogens (tertiary/aromatic N) is 2. The molecule has 0 saturated heterocycles. The molecule has 0 aliphatic heterocycles. The van der Waals surface area contributed by atoms with Gasteiger partial charge in [-0.2, -0.15) is 0 Å². The van der Waals surface area contributed by atoms with Crippen LogP contribution in [0.1, 0.15) is 0 Å². The summed E-state index contributed by atoms with van der Waals surface area (Å²) in [6, 6.07) is 3.51. The van der Waals surface area contributed by atoms with Crippen molar-refractivity contribution in [3.63, 3.8) is 0 Å². The molecule has 2 heterocycles. The Morgan fingerprint density at radius 1 is 1.58 bits per heavy atom. The molecule has 0 aliphatic rings. The molecule has 0 fully saturated rings. The molecule has 12 heavy (non-hydrogen) atoms. The second-order valence-electron chi connectivity index (χ2n) is 2.41.